The zero-order valence-electron chi connectivity index (χ0n) is 14.8. The van der Waals surface area contributed by atoms with E-state index in [1.807, 2.05) is 19.2 Å². The average Bonchev–Trinajstić information content (AvgIpc) is 3.14. The van der Waals surface area contributed by atoms with Crippen LogP contribution in [-0.4, -0.2) is 43.7 Å². The lowest BCUT2D eigenvalue weighted by Crippen LogP contribution is -2.35. The molecular weight excluding hydrogens is 387 g/mol. The number of nitrogens with two attached hydrogens (primary N) is 1. The molecule has 0 spiro atoms. The number of aromatic nitrogens is 6. The predicted octanol–water partition coefficient (Wildman–Crippen LogP) is 2.34. The third-order valence-electron chi connectivity index (χ3n) is 4.61. The molecule has 27 heavy (non-hydrogen) atoms. The summed E-state index contributed by atoms with van der Waals surface area (Å²) in [5, 5.41) is 14.1. The molecule has 1 aromatic carbocycles. The molecule has 8 nitrogen and oxygen atoms in total. The van der Waals surface area contributed by atoms with Crippen LogP contribution in [0.25, 0.3) is 11.4 Å². The molecule has 2 aromatic heterocycles. The highest BCUT2D eigenvalue weighted by atomic mass is 35.5. The molecule has 2 heterocycles. The van der Waals surface area contributed by atoms with Gasteiger partial charge in [-0.05, 0) is 29.7 Å². The molecule has 0 unspecified atom stereocenters. The zero-order chi connectivity index (χ0) is 17.2. The largest absolute Gasteiger partial charge is 0.355 e. The fourth-order valence-electron chi connectivity index (χ4n) is 3.14. The number of benzene rings is 1. The molecule has 3 aromatic rings. The zero-order valence-corrected chi connectivity index (χ0v) is 16.5. The molecule has 144 valence electrons. The van der Waals surface area contributed by atoms with E-state index in [1.165, 1.54) is 0 Å². The predicted molar refractivity (Wildman–Crippen MR) is 108 cm³/mol. The summed E-state index contributed by atoms with van der Waals surface area (Å²) in [6.45, 7) is 0.728. The number of nitrogens with zero attached hydrogens (tertiary/aromatic N) is 6. The van der Waals surface area contributed by atoms with E-state index in [-0.39, 0.29) is 24.8 Å². The van der Waals surface area contributed by atoms with E-state index >= 15 is 0 Å². The number of nitrogens with one attached hydrogen (secondary N) is 1. The van der Waals surface area contributed by atoms with E-state index < -0.39 is 0 Å². The van der Waals surface area contributed by atoms with E-state index in [0.717, 1.165) is 42.0 Å². The topological polar surface area (TPSA) is 110 Å². The maximum atomic E-state index is 5.89. The number of hydrogen-bond donors (Lipinski definition) is 2. The smallest absolute Gasteiger partial charge is 0.204 e. The fourth-order valence-corrected chi connectivity index (χ4v) is 3.14. The molecule has 4 rings (SSSR count). The van der Waals surface area contributed by atoms with Crippen molar-refractivity contribution < 1.29 is 0 Å². The number of anilines is 1. The van der Waals surface area contributed by atoms with Crippen LogP contribution < -0.4 is 10.6 Å². The van der Waals surface area contributed by atoms with Gasteiger partial charge in [-0.2, -0.15) is 5.21 Å². The van der Waals surface area contributed by atoms with E-state index in [2.05, 4.69) is 53.7 Å². The monoisotopic (exact) mass is 408 g/mol. The Morgan fingerprint density at radius 3 is 2.70 bits per heavy atom. The van der Waals surface area contributed by atoms with E-state index in [1.54, 1.807) is 6.33 Å². The number of rotatable bonds is 5. The van der Waals surface area contributed by atoms with Crippen molar-refractivity contribution in [2.45, 2.75) is 31.3 Å². The van der Waals surface area contributed by atoms with Gasteiger partial charge in [0.05, 0.1) is 0 Å². The first-order chi connectivity index (χ1) is 12.2. The van der Waals surface area contributed by atoms with E-state index in [9.17, 15) is 0 Å². The standard InChI is InChI=1S/C17H20N8.2ClH/c1-25(16-8-15(19-10-20-16)13-6-14(18)7-13)9-11-3-2-4-12(5-11)17-21-23-24-22-17;;/h2-5,8,10,13-14H,6-7,9,18H2,1H3,(H,21,22,23,24);2*1H. The van der Waals surface area contributed by atoms with Crippen molar-refractivity contribution in [3.05, 3.63) is 47.9 Å². The molecule has 0 amide bonds. The first kappa shape index (κ1) is 21.0. The summed E-state index contributed by atoms with van der Waals surface area (Å²) in [6.07, 6.45) is 3.65. The first-order valence-electron chi connectivity index (χ1n) is 8.30. The molecule has 10 heteroatoms. The normalized spacial score (nSPS) is 18.0. The Balaban J connectivity index is 0.00000131. The van der Waals surface area contributed by atoms with Gasteiger partial charge in [0.15, 0.2) is 0 Å². The van der Waals surface area contributed by atoms with Crippen molar-refractivity contribution in [2.75, 3.05) is 11.9 Å². The maximum absolute atomic E-state index is 5.89. The van der Waals surface area contributed by atoms with E-state index in [4.69, 9.17) is 5.73 Å². The number of halogens is 2. The minimum Gasteiger partial charge on any atom is -0.355 e. The Hall–Kier alpha value is -2.29. The average molecular weight is 409 g/mol. The van der Waals surface area contributed by atoms with Crippen molar-refractivity contribution in [2.24, 2.45) is 5.73 Å². The van der Waals surface area contributed by atoms with Crippen molar-refractivity contribution in [3.63, 3.8) is 0 Å². The van der Waals surface area contributed by atoms with Crippen molar-refractivity contribution >= 4 is 30.6 Å². The van der Waals surface area contributed by atoms with Crippen LogP contribution in [0.15, 0.2) is 36.7 Å². The molecule has 0 saturated heterocycles. The second-order valence-corrected chi connectivity index (χ2v) is 6.52. The Kier molecular flexibility index (Phi) is 7.06. The van der Waals surface area contributed by atoms with E-state index in [0.29, 0.717) is 17.8 Å². The summed E-state index contributed by atoms with van der Waals surface area (Å²) in [5.41, 5.74) is 9.06. The molecule has 1 aliphatic rings. The molecule has 1 aliphatic carbocycles. The molecular formula is C17H22Cl2N8. The van der Waals surface area contributed by atoms with Gasteiger partial charge >= 0.3 is 0 Å². The van der Waals surface area contributed by atoms with Gasteiger partial charge in [0, 0.05) is 42.9 Å². The van der Waals surface area contributed by atoms with Gasteiger partial charge in [-0.3, -0.25) is 0 Å². The lowest BCUT2D eigenvalue weighted by atomic mass is 9.78. The van der Waals surface area contributed by atoms with Crippen LogP contribution >= 0.6 is 24.8 Å². The van der Waals surface area contributed by atoms with Gasteiger partial charge in [-0.25, -0.2) is 9.97 Å². The minimum absolute atomic E-state index is 0. The quantitative estimate of drug-likeness (QED) is 0.666. The summed E-state index contributed by atoms with van der Waals surface area (Å²) in [4.78, 5) is 10.9. The second kappa shape index (κ2) is 9.07. The highest BCUT2D eigenvalue weighted by Crippen LogP contribution is 2.35. The number of tetrazole rings is 1. The number of aromatic amines is 1. The van der Waals surface area contributed by atoms with Crippen LogP contribution in [0.1, 0.15) is 30.0 Å². The summed E-state index contributed by atoms with van der Waals surface area (Å²) < 4.78 is 0. The Labute approximate surface area is 169 Å². The molecule has 3 N–H and O–H groups in total. The number of H-pyrrole nitrogens is 1. The highest BCUT2D eigenvalue weighted by Gasteiger charge is 2.28. The Morgan fingerprint density at radius 1 is 1.19 bits per heavy atom. The Morgan fingerprint density at radius 2 is 2.00 bits per heavy atom. The molecule has 0 bridgehead atoms. The molecule has 1 saturated carbocycles. The molecule has 0 atom stereocenters. The van der Waals surface area contributed by atoms with Crippen molar-refractivity contribution in [1.29, 1.82) is 0 Å². The van der Waals surface area contributed by atoms with Crippen LogP contribution in [0.4, 0.5) is 5.82 Å². The van der Waals surface area contributed by atoms with Crippen molar-refractivity contribution in [3.8, 4) is 11.4 Å². The fraction of sp³-hybridized carbons (Fsp3) is 0.353. The first-order valence-corrected chi connectivity index (χ1v) is 8.30. The van der Waals surface area contributed by atoms with Crippen molar-refractivity contribution in [1.82, 2.24) is 30.6 Å². The summed E-state index contributed by atoms with van der Waals surface area (Å²) in [6, 6.07) is 10.5. The van der Waals surface area contributed by atoms with Crippen LogP contribution in [-0.2, 0) is 6.54 Å². The van der Waals surface area contributed by atoms with Gasteiger partial charge in [-0.1, -0.05) is 18.2 Å². The molecule has 0 aliphatic heterocycles. The van der Waals surface area contributed by atoms with Crippen LogP contribution in [0.5, 0.6) is 0 Å². The van der Waals surface area contributed by atoms with Gasteiger partial charge in [0.1, 0.15) is 12.1 Å². The highest BCUT2D eigenvalue weighted by molar-refractivity contribution is 5.85. The lowest BCUT2D eigenvalue weighted by Gasteiger charge is -2.32. The van der Waals surface area contributed by atoms with Crippen LogP contribution in [0.3, 0.4) is 0 Å². The minimum atomic E-state index is 0. The summed E-state index contributed by atoms with van der Waals surface area (Å²) >= 11 is 0. The lowest BCUT2D eigenvalue weighted by molar-refractivity contribution is 0.345. The SMILES string of the molecule is CN(Cc1cccc(-c2nn[nH]n2)c1)c1cc(C2CC(N)C2)ncn1.Cl.Cl. The third kappa shape index (κ3) is 4.71. The van der Waals surface area contributed by atoms with Crippen LogP contribution in [0.2, 0.25) is 0 Å². The summed E-state index contributed by atoms with van der Waals surface area (Å²) in [7, 11) is 2.03. The third-order valence-corrected chi connectivity index (χ3v) is 4.61. The number of hydrogen-bond acceptors (Lipinski definition) is 7. The van der Waals surface area contributed by atoms with Gasteiger partial charge in [0.2, 0.25) is 5.82 Å². The van der Waals surface area contributed by atoms with Crippen LogP contribution in [0, 0.1) is 0 Å². The maximum Gasteiger partial charge on any atom is 0.204 e. The van der Waals surface area contributed by atoms with Gasteiger partial charge in [0.25, 0.3) is 0 Å². The Bertz CT molecular complexity index is 852. The summed E-state index contributed by atoms with van der Waals surface area (Å²) in [5.74, 6) is 1.97. The van der Waals surface area contributed by atoms with Gasteiger partial charge in [-0.15, -0.1) is 35.0 Å². The second-order valence-electron chi connectivity index (χ2n) is 6.52. The van der Waals surface area contributed by atoms with Gasteiger partial charge < -0.3 is 10.6 Å². The molecule has 1 fully saturated rings. The molecule has 0 radical (unpaired) electrons.